The molecule has 1 heterocycles. The summed E-state index contributed by atoms with van der Waals surface area (Å²) in [5.41, 5.74) is 2.91. The van der Waals surface area contributed by atoms with E-state index in [1.165, 1.54) is 13.2 Å². The van der Waals surface area contributed by atoms with Gasteiger partial charge >= 0.3 is 5.97 Å². The third-order valence-electron chi connectivity index (χ3n) is 4.85. The minimum Gasteiger partial charge on any atom is -0.465 e. The van der Waals surface area contributed by atoms with Crippen molar-refractivity contribution in [3.05, 3.63) is 88.7 Å². The lowest BCUT2D eigenvalue weighted by atomic mass is 10.0. The van der Waals surface area contributed by atoms with Gasteiger partial charge in [0.1, 0.15) is 23.2 Å². The summed E-state index contributed by atoms with van der Waals surface area (Å²) in [5.74, 6) is -0.0497. The quantitative estimate of drug-likeness (QED) is 0.354. The summed E-state index contributed by atoms with van der Waals surface area (Å²) in [6.07, 6.45) is 1.40. The van der Waals surface area contributed by atoms with Crippen LogP contribution in [0.4, 0.5) is 0 Å². The van der Waals surface area contributed by atoms with Crippen molar-refractivity contribution in [3.63, 3.8) is 0 Å². The maximum atomic E-state index is 12.6. The molecule has 31 heavy (non-hydrogen) atoms. The van der Waals surface area contributed by atoms with E-state index >= 15 is 0 Å². The number of carbonyl (C=O) groups is 2. The second-order valence-corrected chi connectivity index (χ2v) is 7.00. The van der Waals surface area contributed by atoms with Crippen molar-refractivity contribution in [1.82, 2.24) is 5.32 Å². The van der Waals surface area contributed by atoms with Crippen molar-refractivity contribution < 1.29 is 18.7 Å². The van der Waals surface area contributed by atoms with E-state index in [1.54, 1.807) is 30.3 Å². The molecule has 1 amide bonds. The first-order chi connectivity index (χ1) is 14.9. The van der Waals surface area contributed by atoms with Crippen LogP contribution in [-0.2, 0) is 9.53 Å². The molecule has 0 unspecified atom stereocenters. The molecule has 0 fully saturated rings. The van der Waals surface area contributed by atoms with E-state index in [9.17, 15) is 14.9 Å². The highest BCUT2D eigenvalue weighted by molar-refractivity contribution is 6.01. The smallest absolute Gasteiger partial charge is 0.337 e. The van der Waals surface area contributed by atoms with Crippen LogP contribution >= 0.6 is 0 Å². The molecule has 0 radical (unpaired) electrons. The number of hydrogen-bond donors (Lipinski definition) is 1. The SMILES string of the molecule is COC(=O)c1ccc(C)c(-c2ccc(/C=C(/C#N)C(=O)N[C@H](C)c3ccccc3)o2)c1. The number of hydrogen-bond acceptors (Lipinski definition) is 5. The van der Waals surface area contributed by atoms with Crippen LogP contribution in [0.1, 0.15) is 40.2 Å². The van der Waals surface area contributed by atoms with E-state index < -0.39 is 11.9 Å². The Kier molecular flexibility index (Phi) is 6.68. The average Bonchev–Trinajstić information content (AvgIpc) is 3.26. The second-order valence-electron chi connectivity index (χ2n) is 7.00. The van der Waals surface area contributed by atoms with Gasteiger partial charge in [0.2, 0.25) is 0 Å². The zero-order chi connectivity index (χ0) is 22.4. The molecule has 1 atom stereocenters. The van der Waals surface area contributed by atoms with Crippen molar-refractivity contribution in [3.8, 4) is 17.4 Å². The minimum atomic E-state index is -0.485. The highest BCUT2D eigenvalue weighted by Crippen LogP contribution is 2.28. The largest absolute Gasteiger partial charge is 0.465 e. The number of nitrogens with one attached hydrogen (secondary N) is 1. The summed E-state index contributed by atoms with van der Waals surface area (Å²) in [4.78, 5) is 24.4. The molecule has 3 aromatic rings. The van der Waals surface area contributed by atoms with Gasteiger partial charge in [0.05, 0.1) is 18.7 Å². The van der Waals surface area contributed by atoms with Crippen LogP contribution in [0.15, 0.2) is 70.7 Å². The number of methoxy groups -OCH3 is 1. The predicted molar refractivity (Wildman–Crippen MR) is 117 cm³/mol. The maximum Gasteiger partial charge on any atom is 0.337 e. The molecule has 156 valence electrons. The molecule has 0 saturated carbocycles. The van der Waals surface area contributed by atoms with Crippen LogP contribution in [0, 0.1) is 18.3 Å². The fourth-order valence-electron chi connectivity index (χ4n) is 3.10. The minimum absolute atomic E-state index is 0.0660. The Morgan fingerprint density at radius 1 is 1.13 bits per heavy atom. The number of rotatable bonds is 6. The number of nitriles is 1. The monoisotopic (exact) mass is 414 g/mol. The third-order valence-corrected chi connectivity index (χ3v) is 4.85. The van der Waals surface area contributed by atoms with E-state index in [1.807, 2.05) is 50.2 Å². The number of carbonyl (C=O) groups excluding carboxylic acids is 2. The van der Waals surface area contributed by atoms with Gasteiger partial charge in [0.15, 0.2) is 0 Å². The molecule has 0 aliphatic carbocycles. The fourth-order valence-corrected chi connectivity index (χ4v) is 3.10. The number of esters is 1. The van der Waals surface area contributed by atoms with Crippen molar-refractivity contribution in [2.24, 2.45) is 0 Å². The van der Waals surface area contributed by atoms with E-state index in [2.05, 4.69) is 5.32 Å². The molecule has 0 bridgehead atoms. The lowest BCUT2D eigenvalue weighted by Crippen LogP contribution is -2.27. The standard InChI is InChI=1S/C25H22N2O4/c1-16-9-10-19(25(29)30-3)14-22(16)23-12-11-21(31-23)13-20(15-26)24(28)27-17(2)18-7-5-4-6-8-18/h4-14,17H,1-3H3,(H,27,28)/b20-13-/t17-/m1/s1. The molecule has 1 aromatic heterocycles. The van der Waals surface area contributed by atoms with Crippen LogP contribution in [-0.4, -0.2) is 19.0 Å². The van der Waals surface area contributed by atoms with Crippen molar-refractivity contribution in [2.45, 2.75) is 19.9 Å². The summed E-state index contributed by atoms with van der Waals surface area (Å²) >= 11 is 0. The van der Waals surface area contributed by atoms with Gasteiger partial charge in [-0.2, -0.15) is 5.26 Å². The number of amides is 1. The van der Waals surface area contributed by atoms with E-state index in [0.717, 1.165) is 16.7 Å². The first-order valence-electron chi connectivity index (χ1n) is 9.69. The molecule has 0 aliphatic rings. The number of nitrogens with zero attached hydrogens (tertiary/aromatic N) is 1. The Labute approximate surface area is 180 Å². The summed E-state index contributed by atoms with van der Waals surface area (Å²) < 4.78 is 10.6. The fraction of sp³-hybridized carbons (Fsp3) is 0.160. The molecule has 2 aromatic carbocycles. The Hall–Kier alpha value is -4.11. The lowest BCUT2D eigenvalue weighted by Gasteiger charge is -2.13. The van der Waals surface area contributed by atoms with Gasteiger partial charge in [-0.15, -0.1) is 0 Å². The maximum absolute atomic E-state index is 12.6. The lowest BCUT2D eigenvalue weighted by molar-refractivity contribution is -0.117. The molecule has 3 rings (SSSR count). The Morgan fingerprint density at radius 3 is 2.55 bits per heavy atom. The molecule has 6 nitrogen and oxygen atoms in total. The molecular weight excluding hydrogens is 392 g/mol. The molecule has 0 spiro atoms. The van der Waals surface area contributed by atoms with Crippen molar-refractivity contribution >= 4 is 18.0 Å². The number of benzene rings is 2. The van der Waals surface area contributed by atoms with E-state index in [4.69, 9.17) is 9.15 Å². The third kappa shape index (κ3) is 5.09. The van der Waals surface area contributed by atoms with Crippen molar-refractivity contribution in [2.75, 3.05) is 7.11 Å². The van der Waals surface area contributed by atoms with Gasteiger partial charge in [-0.3, -0.25) is 4.79 Å². The average molecular weight is 414 g/mol. The summed E-state index contributed by atoms with van der Waals surface area (Å²) in [7, 11) is 1.32. The molecule has 6 heteroatoms. The predicted octanol–water partition coefficient (Wildman–Crippen LogP) is 4.83. The van der Waals surface area contributed by atoms with Crippen molar-refractivity contribution in [1.29, 1.82) is 5.26 Å². The number of aryl methyl sites for hydroxylation is 1. The van der Waals surface area contributed by atoms with Gasteiger partial charge < -0.3 is 14.5 Å². The molecule has 0 aliphatic heterocycles. The van der Waals surface area contributed by atoms with Gasteiger partial charge in [-0.25, -0.2) is 4.79 Å². The zero-order valence-corrected chi connectivity index (χ0v) is 17.5. The van der Waals surface area contributed by atoms with E-state index in [-0.39, 0.29) is 11.6 Å². The first-order valence-corrected chi connectivity index (χ1v) is 9.69. The highest BCUT2D eigenvalue weighted by Gasteiger charge is 2.16. The Balaban J connectivity index is 1.82. The summed E-state index contributed by atoms with van der Waals surface area (Å²) in [6.45, 7) is 3.75. The summed E-state index contributed by atoms with van der Waals surface area (Å²) in [5, 5.41) is 12.3. The van der Waals surface area contributed by atoms with Crippen LogP contribution < -0.4 is 5.32 Å². The molecular formula is C25H22N2O4. The van der Waals surface area contributed by atoms with Crippen LogP contribution in [0.2, 0.25) is 0 Å². The molecule has 1 N–H and O–H groups in total. The van der Waals surface area contributed by atoms with E-state index in [0.29, 0.717) is 17.1 Å². The van der Waals surface area contributed by atoms with Crippen LogP contribution in [0.5, 0.6) is 0 Å². The van der Waals surface area contributed by atoms with Gasteiger partial charge in [-0.05, 0) is 49.2 Å². The summed E-state index contributed by atoms with van der Waals surface area (Å²) in [6, 6.07) is 19.7. The van der Waals surface area contributed by atoms with Gasteiger partial charge in [0, 0.05) is 11.6 Å². The topological polar surface area (TPSA) is 92.3 Å². The second kappa shape index (κ2) is 9.59. The zero-order valence-electron chi connectivity index (χ0n) is 17.5. The Morgan fingerprint density at radius 2 is 1.87 bits per heavy atom. The normalized spacial score (nSPS) is 12.0. The van der Waals surface area contributed by atoms with Gasteiger partial charge in [-0.1, -0.05) is 36.4 Å². The van der Waals surface area contributed by atoms with Gasteiger partial charge in [0.25, 0.3) is 5.91 Å². The number of furan rings is 1. The molecule has 0 saturated heterocycles. The number of ether oxygens (including phenoxy) is 1. The Bertz CT molecular complexity index is 1170. The highest BCUT2D eigenvalue weighted by atomic mass is 16.5. The first kappa shape index (κ1) is 21.6. The van der Waals surface area contributed by atoms with Crippen LogP contribution in [0.25, 0.3) is 17.4 Å². The van der Waals surface area contributed by atoms with Crippen LogP contribution in [0.3, 0.4) is 0 Å².